The number of hydrogen-bond donors (Lipinski definition) is 2. The summed E-state index contributed by atoms with van der Waals surface area (Å²) in [5.41, 5.74) is 8.04. The number of benzene rings is 1. The molecular formula is C13H15N3O2S. The molecular weight excluding hydrogens is 262 g/mol. The van der Waals surface area contributed by atoms with Crippen LogP contribution in [0.2, 0.25) is 0 Å². The number of amides is 1. The third-order valence-corrected chi connectivity index (χ3v) is 3.23. The minimum Gasteiger partial charge on any atom is -0.491 e. The quantitative estimate of drug-likeness (QED) is 0.789. The zero-order chi connectivity index (χ0) is 13.5. The van der Waals surface area contributed by atoms with Gasteiger partial charge in [0.05, 0.1) is 30.8 Å². The van der Waals surface area contributed by atoms with Gasteiger partial charge in [-0.2, -0.15) is 0 Å². The predicted octanol–water partition coefficient (Wildman–Crippen LogP) is 1.81. The summed E-state index contributed by atoms with van der Waals surface area (Å²) >= 11 is 1.51. The normalized spacial score (nSPS) is 10.1. The Bertz CT molecular complexity index is 528. The Morgan fingerprint density at radius 1 is 1.42 bits per heavy atom. The summed E-state index contributed by atoms with van der Waals surface area (Å²) in [4.78, 5) is 16.5. The van der Waals surface area contributed by atoms with Crippen LogP contribution >= 0.6 is 11.3 Å². The van der Waals surface area contributed by atoms with Gasteiger partial charge in [0.2, 0.25) is 5.91 Å². The average Bonchev–Trinajstić information content (AvgIpc) is 2.92. The van der Waals surface area contributed by atoms with Crippen molar-refractivity contribution in [1.82, 2.24) is 10.3 Å². The van der Waals surface area contributed by atoms with Crippen molar-refractivity contribution in [3.8, 4) is 5.75 Å². The van der Waals surface area contributed by atoms with Crippen molar-refractivity contribution in [3.05, 3.63) is 40.8 Å². The second kappa shape index (κ2) is 6.75. The van der Waals surface area contributed by atoms with Crippen molar-refractivity contribution >= 4 is 22.9 Å². The molecule has 0 aliphatic rings. The topological polar surface area (TPSA) is 77.2 Å². The highest BCUT2D eigenvalue weighted by atomic mass is 32.1. The number of nitrogens with one attached hydrogen (secondary N) is 1. The lowest BCUT2D eigenvalue weighted by molar-refractivity contribution is -0.121. The molecule has 0 unspecified atom stereocenters. The number of ether oxygens (including phenoxy) is 1. The Morgan fingerprint density at radius 2 is 2.26 bits per heavy atom. The lowest BCUT2D eigenvalue weighted by atomic mass is 10.3. The molecule has 3 N–H and O–H groups in total. The van der Waals surface area contributed by atoms with Crippen molar-refractivity contribution < 1.29 is 9.53 Å². The first-order valence-electron chi connectivity index (χ1n) is 5.87. The fraction of sp³-hybridized carbons (Fsp3) is 0.231. The second-order valence-corrected chi connectivity index (χ2v) is 4.85. The first-order valence-corrected chi connectivity index (χ1v) is 6.75. The Labute approximate surface area is 115 Å². The van der Waals surface area contributed by atoms with Gasteiger partial charge in [0.1, 0.15) is 5.75 Å². The molecule has 2 rings (SSSR count). The molecule has 5 nitrogen and oxygen atoms in total. The molecule has 6 heteroatoms. The number of para-hydroxylation sites is 2. The highest BCUT2D eigenvalue weighted by Gasteiger charge is 2.04. The number of hydrogen-bond acceptors (Lipinski definition) is 5. The fourth-order valence-electron chi connectivity index (χ4n) is 1.47. The maximum atomic E-state index is 11.6. The molecule has 19 heavy (non-hydrogen) atoms. The monoisotopic (exact) mass is 277 g/mol. The molecule has 2 aromatic rings. The van der Waals surface area contributed by atoms with E-state index in [1.807, 2.05) is 12.1 Å². The summed E-state index contributed by atoms with van der Waals surface area (Å²) in [7, 11) is 0. The molecule has 1 amide bonds. The number of nitrogens with zero attached hydrogens (tertiary/aromatic N) is 1. The van der Waals surface area contributed by atoms with Crippen molar-refractivity contribution in [1.29, 1.82) is 0 Å². The van der Waals surface area contributed by atoms with Gasteiger partial charge >= 0.3 is 0 Å². The zero-order valence-electron chi connectivity index (χ0n) is 10.3. The Hall–Kier alpha value is -2.08. The molecule has 0 saturated carbocycles. The summed E-state index contributed by atoms with van der Waals surface area (Å²) in [6, 6.07) is 7.23. The van der Waals surface area contributed by atoms with Crippen LogP contribution in [-0.2, 0) is 11.3 Å². The number of aromatic nitrogens is 1. The highest BCUT2D eigenvalue weighted by molar-refractivity contribution is 7.09. The van der Waals surface area contributed by atoms with E-state index in [0.29, 0.717) is 31.0 Å². The van der Waals surface area contributed by atoms with E-state index in [0.717, 1.165) is 4.88 Å². The summed E-state index contributed by atoms with van der Waals surface area (Å²) in [5, 5.41) is 2.81. The maximum Gasteiger partial charge on any atom is 0.223 e. The number of nitrogens with two attached hydrogens (primary N) is 1. The molecule has 0 bridgehead atoms. The van der Waals surface area contributed by atoms with E-state index in [1.165, 1.54) is 11.3 Å². The number of rotatable bonds is 6. The van der Waals surface area contributed by atoms with Crippen LogP contribution in [0, 0.1) is 0 Å². The van der Waals surface area contributed by atoms with E-state index < -0.39 is 0 Å². The lowest BCUT2D eigenvalue weighted by Gasteiger charge is -2.08. The molecule has 0 fully saturated rings. The van der Waals surface area contributed by atoms with Crippen LogP contribution in [0.1, 0.15) is 11.3 Å². The van der Waals surface area contributed by atoms with Gasteiger partial charge in [0, 0.05) is 11.1 Å². The third kappa shape index (κ3) is 4.26. The van der Waals surface area contributed by atoms with Gasteiger partial charge in [-0.05, 0) is 12.1 Å². The summed E-state index contributed by atoms with van der Waals surface area (Å²) < 4.78 is 5.45. The number of thiazole rings is 1. The van der Waals surface area contributed by atoms with Gasteiger partial charge in [0.25, 0.3) is 0 Å². The zero-order valence-corrected chi connectivity index (χ0v) is 11.2. The largest absolute Gasteiger partial charge is 0.491 e. The molecule has 0 aliphatic heterocycles. The van der Waals surface area contributed by atoms with Gasteiger partial charge in [-0.1, -0.05) is 12.1 Å². The number of anilines is 1. The Kier molecular flexibility index (Phi) is 4.74. The van der Waals surface area contributed by atoms with Crippen LogP contribution in [0.4, 0.5) is 5.69 Å². The van der Waals surface area contributed by atoms with Gasteiger partial charge in [-0.3, -0.25) is 9.78 Å². The molecule has 0 atom stereocenters. The van der Waals surface area contributed by atoms with Gasteiger partial charge in [-0.15, -0.1) is 11.3 Å². The first kappa shape index (κ1) is 13.4. The van der Waals surface area contributed by atoms with E-state index in [9.17, 15) is 4.79 Å². The van der Waals surface area contributed by atoms with Crippen molar-refractivity contribution in [2.45, 2.75) is 13.0 Å². The van der Waals surface area contributed by atoms with Crippen molar-refractivity contribution in [2.75, 3.05) is 12.3 Å². The molecule has 100 valence electrons. The molecule has 1 aromatic heterocycles. The minimum absolute atomic E-state index is 0.0529. The second-order valence-electron chi connectivity index (χ2n) is 3.88. The van der Waals surface area contributed by atoms with E-state index in [-0.39, 0.29) is 5.91 Å². The van der Waals surface area contributed by atoms with E-state index >= 15 is 0 Å². The standard InChI is InChI=1S/C13H15N3O2S/c14-11-3-1-2-4-12(11)18-6-5-13(17)16-8-10-7-15-9-19-10/h1-4,7,9H,5-6,8,14H2,(H,16,17). The molecule has 0 spiro atoms. The molecule has 0 radical (unpaired) electrons. The summed E-state index contributed by atoms with van der Waals surface area (Å²) in [6.45, 7) is 0.819. The molecule has 0 aliphatic carbocycles. The fourth-order valence-corrected chi connectivity index (χ4v) is 2.00. The Balaban J connectivity index is 1.68. The van der Waals surface area contributed by atoms with Crippen molar-refractivity contribution in [2.24, 2.45) is 0 Å². The van der Waals surface area contributed by atoms with Crippen LogP contribution in [0.5, 0.6) is 5.75 Å². The summed E-state index contributed by atoms with van der Waals surface area (Å²) in [6.07, 6.45) is 2.04. The van der Waals surface area contributed by atoms with Crippen molar-refractivity contribution in [3.63, 3.8) is 0 Å². The van der Waals surface area contributed by atoms with E-state index in [4.69, 9.17) is 10.5 Å². The van der Waals surface area contributed by atoms with Crippen LogP contribution in [-0.4, -0.2) is 17.5 Å². The maximum absolute atomic E-state index is 11.6. The molecule has 1 aromatic carbocycles. The smallest absolute Gasteiger partial charge is 0.223 e. The Morgan fingerprint density at radius 3 is 3.00 bits per heavy atom. The predicted molar refractivity (Wildman–Crippen MR) is 74.9 cm³/mol. The number of nitrogen functional groups attached to an aromatic ring is 1. The van der Waals surface area contributed by atoms with E-state index in [2.05, 4.69) is 10.3 Å². The van der Waals surface area contributed by atoms with Crippen LogP contribution in [0.25, 0.3) is 0 Å². The van der Waals surface area contributed by atoms with E-state index in [1.54, 1.807) is 23.8 Å². The average molecular weight is 277 g/mol. The minimum atomic E-state index is -0.0529. The van der Waals surface area contributed by atoms with Crippen LogP contribution in [0.3, 0.4) is 0 Å². The molecule has 1 heterocycles. The summed E-state index contributed by atoms with van der Waals surface area (Å²) in [5.74, 6) is 0.556. The first-order chi connectivity index (χ1) is 9.25. The number of carbonyl (C=O) groups is 1. The molecule has 0 saturated heterocycles. The third-order valence-electron chi connectivity index (χ3n) is 2.45. The number of carbonyl (C=O) groups excluding carboxylic acids is 1. The highest BCUT2D eigenvalue weighted by Crippen LogP contribution is 2.19. The van der Waals surface area contributed by atoms with Crippen LogP contribution in [0.15, 0.2) is 36.0 Å². The lowest BCUT2D eigenvalue weighted by Crippen LogP contribution is -2.24. The SMILES string of the molecule is Nc1ccccc1OCCC(=O)NCc1cncs1. The van der Waals surface area contributed by atoms with Gasteiger partial charge < -0.3 is 15.8 Å². The van der Waals surface area contributed by atoms with Gasteiger partial charge in [0.15, 0.2) is 0 Å². The van der Waals surface area contributed by atoms with Gasteiger partial charge in [-0.25, -0.2) is 0 Å². The van der Waals surface area contributed by atoms with Crippen LogP contribution < -0.4 is 15.8 Å².